The van der Waals surface area contributed by atoms with Crippen molar-refractivity contribution in [2.75, 3.05) is 14.2 Å². The zero-order valence-electron chi connectivity index (χ0n) is 13.3. The van der Waals surface area contributed by atoms with Gasteiger partial charge in [0, 0.05) is 0 Å². The van der Waals surface area contributed by atoms with Gasteiger partial charge in [0.25, 0.3) is 0 Å². The molecule has 0 saturated carbocycles. The average Bonchev–Trinajstić information content (AvgIpc) is 2.53. The summed E-state index contributed by atoms with van der Waals surface area (Å²) in [7, 11) is 3.20. The fourth-order valence-electron chi connectivity index (χ4n) is 2.98. The van der Waals surface area contributed by atoms with Gasteiger partial charge in [0.05, 0.1) is 20.6 Å². The van der Waals surface area contributed by atoms with Crippen LogP contribution in [0, 0.1) is 6.92 Å². The predicted molar refractivity (Wildman–Crippen MR) is 90.6 cm³/mol. The molecule has 0 aromatic heterocycles. The van der Waals surface area contributed by atoms with Crippen LogP contribution in [0.2, 0.25) is 0 Å². The van der Waals surface area contributed by atoms with Crippen LogP contribution >= 0.6 is 0 Å². The third-order valence-corrected chi connectivity index (χ3v) is 4.04. The maximum atomic E-state index is 11.2. The molecule has 23 heavy (non-hydrogen) atoms. The van der Waals surface area contributed by atoms with E-state index in [2.05, 4.69) is 6.07 Å². The molecule has 0 radical (unpaired) electrons. The highest BCUT2D eigenvalue weighted by atomic mass is 16.5. The van der Waals surface area contributed by atoms with E-state index in [0.717, 1.165) is 32.7 Å². The van der Waals surface area contributed by atoms with Crippen LogP contribution in [0.3, 0.4) is 0 Å². The standard InChI is InChI=1S/C19H18O4/c1-11-4-5-14-13(9-19(20)21)7-12-8-17(22-2)18(23-3)10-15(12)16(14)6-11/h4-8,10H,9H2,1-3H3,(H,20,21). The summed E-state index contributed by atoms with van der Waals surface area (Å²) in [5.41, 5.74) is 1.92. The number of ether oxygens (including phenoxy) is 2. The van der Waals surface area contributed by atoms with Crippen LogP contribution in [-0.2, 0) is 11.2 Å². The zero-order valence-corrected chi connectivity index (χ0v) is 13.3. The Hall–Kier alpha value is -2.75. The molecule has 0 amide bonds. The number of carbonyl (C=O) groups is 1. The Kier molecular flexibility index (Phi) is 3.82. The lowest BCUT2D eigenvalue weighted by molar-refractivity contribution is -0.136. The van der Waals surface area contributed by atoms with Gasteiger partial charge in [-0.15, -0.1) is 0 Å². The Balaban J connectivity index is 2.43. The van der Waals surface area contributed by atoms with Crippen molar-refractivity contribution in [1.82, 2.24) is 0 Å². The maximum Gasteiger partial charge on any atom is 0.307 e. The van der Waals surface area contributed by atoms with Gasteiger partial charge in [0.1, 0.15) is 0 Å². The second-order valence-electron chi connectivity index (χ2n) is 5.58. The van der Waals surface area contributed by atoms with Crippen molar-refractivity contribution in [2.24, 2.45) is 0 Å². The van der Waals surface area contributed by atoms with Crippen molar-refractivity contribution < 1.29 is 19.4 Å². The Morgan fingerprint density at radius 3 is 2.30 bits per heavy atom. The summed E-state index contributed by atoms with van der Waals surface area (Å²) in [5.74, 6) is 0.453. The van der Waals surface area contributed by atoms with Gasteiger partial charge in [0.15, 0.2) is 11.5 Å². The smallest absolute Gasteiger partial charge is 0.307 e. The summed E-state index contributed by atoms with van der Waals surface area (Å²) in [5, 5.41) is 13.1. The summed E-state index contributed by atoms with van der Waals surface area (Å²) in [6, 6.07) is 11.8. The van der Waals surface area contributed by atoms with Crippen LogP contribution in [-0.4, -0.2) is 25.3 Å². The largest absolute Gasteiger partial charge is 0.493 e. The third-order valence-electron chi connectivity index (χ3n) is 4.04. The van der Waals surface area contributed by atoms with Crippen LogP contribution in [0.5, 0.6) is 11.5 Å². The van der Waals surface area contributed by atoms with Crippen LogP contribution < -0.4 is 9.47 Å². The number of rotatable bonds is 4. The number of carboxylic acid groups (broad SMARTS) is 1. The van der Waals surface area contributed by atoms with Gasteiger partial charge in [-0.3, -0.25) is 4.79 Å². The zero-order chi connectivity index (χ0) is 16.6. The summed E-state index contributed by atoms with van der Waals surface area (Å²) < 4.78 is 10.8. The molecule has 0 aliphatic heterocycles. The van der Waals surface area contributed by atoms with Gasteiger partial charge >= 0.3 is 5.97 Å². The van der Waals surface area contributed by atoms with Crippen molar-refractivity contribution >= 4 is 27.5 Å². The fraction of sp³-hybridized carbons (Fsp3) is 0.211. The first-order valence-electron chi connectivity index (χ1n) is 7.33. The first-order valence-corrected chi connectivity index (χ1v) is 7.33. The van der Waals surface area contributed by atoms with Gasteiger partial charge in [-0.05, 0) is 52.2 Å². The summed E-state index contributed by atoms with van der Waals surface area (Å²) in [6.45, 7) is 2.02. The van der Waals surface area contributed by atoms with E-state index < -0.39 is 5.97 Å². The van der Waals surface area contributed by atoms with Crippen molar-refractivity contribution in [3.8, 4) is 11.5 Å². The van der Waals surface area contributed by atoms with Crippen LogP contribution in [0.4, 0.5) is 0 Å². The van der Waals surface area contributed by atoms with E-state index in [-0.39, 0.29) is 6.42 Å². The van der Waals surface area contributed by atoms with E-state index in [9.17, 15) is 9.90 Å². The summed E-state index contributed by atoms with van der Waals surface area (Å²) >= 11 is 0. The molecular formula is C19H18O4. The molecule has 4 heteroatoms. The maximum absolute atomic E-state index is 11.2. The molecule has 4 nitrogen and oxygen atoms in total. The molecule has 3 aromatic rings. The van der Waals surface area contributed by atoms with Gasteiger partial charge < -0.3 is 14.6 Å². The minimum atomic E-state index is -0.841. The molecule has 0 aliphatic rings. The number of benzene rings is 3. The summed E-state index contributed by atoms with van der Waals surface area (Å²) in [4.78, 5) is 11.2. The number of methoxy groups -OCH3 is 2. The minimum absolute atomic E-state index is 0.0101. The molecule has 118 valence electrons. The van der Waals surface area contributed by atoms with Crippen molar-refractivity contribution in [3.05, 3.63) is 47.5 Å². The lowest BCUT2D eigenvalue weighted by Crippen LogP contribution is -2.01. The van der Waals surface area contributed by atoms with Gasteiger partial charge in [-0.25, -0.2) is 0 Å². The molecule has 0 fully saturated rings. The topological polar surface area (TPSA) is 55.8 Å². The number of aryl methyl sites for hydroxylation is 1. The van der Waals surface area contributed by atoms with Gasteiger partial charge in [-0.2, -0.15) is 0 Å². The Morgan fingerprint density at radius 1 is 0.957 bits per heavy atom. The molecule has 1 N–H and O–H groups in total. The Labute approximate surface area is 134 Å². The van der Waals surface area contributed by atoms with Crippen LogP contribution in [0.1, 0.15) is 11.1 Å². The van der Waals surface area contributed by atoms with Crippen molar-refractivity contribution in [1.29, 1.82) is 0 Å². The molecule has 0 aliphatic carbocycles. The summed E-state index contributed by atoms with van der Waals surface area (Å²) in [6.07, 6.45) is -0.0101. The first-order chi connectivity index (χ1) is 11.0. The fourth-order valence-corrected chi connectivity index (χ4v) is 2.98. The number of hydrogen-bond acceptors (Lipinski definition) is 3. The van der Waals surface area contributed by atoms with E-state index in [1.54, 1.807) is 14.2 Å². The minimum Gasteiger partial charge on any atom is -0.493 e. The van der Waals surface area contributed by atoms with Gasteiger partial charge in [-0.1, -0.05) is 23.8 Å². The third kappa shape index (κ3) is 2.68. The average molecular weight is 310 g/mol. The highest BCUT2D eigenvalue weighted by molar-refractivity contribution is 6.10. The monoisotopic (exact) mass is 310 g/mol. The molecule has 0 heterocycles. The number of hydrogen-bond donors (Lipinski definition) is 1. The van der Waals surface area contributed by atoms with Crippen LogP contribution in [0.15, 0.2) is 36.4 Å². The molecule has 3 aromatic carbocycles. The van der Waals surface area contributed by atoms with Gasteiger partial charge in [0.2, 0.25) is 0 Å². The van der Waals surface area contributed by atoms with E-state index in [4.69, 9.17) is 9.47 Å². The predicted octanol–water partition coefficient (Wildman–Crippen LogP) is 3.95. The SMILES string of the molecule is COc1cc2cc(CC(=O)O)c3ccc(C)cc3c2cc1OC. The molecule has 0 unspecified atom stereocenters. The van der Waals surface area contributed by atoms with E-state index >= 15 is 0 Å². The molecular weight excluding hydrogens is 292 g/mol. The molecule has 3 rings (SSSR count). The highest BCUT2D eigenvalue weighted by Gasteiger charge is 2.13. The highest BCUT2D eigenvalue weighted by Crippen LogP contribution is 2.37. The lowest BCUT2D eigenvalue weighted by atomic mass is 9.94. The second-order valence-corrected chi connectivity index (χ2v) is 5.58. The number of aliphatic carboxylic acids is 1. The normalized spacial score (nSPS) is 10.9. The van der Waals surface area contributed by atoms with Crippen molar-refractivity contribution in [3.63, 3.8) is 0 Å². The Bertz CT molecular complexity index is 912. The van der Waals surface area contributed by atoms with E-state index in [0.29, 0.717) is 11.5 Å². The quantitative estimate of drug-likeness (QED) is 0.741. The second kappa shape index (κ2) is 5.80. The molecule has 0 atom stereocenters. The number of carboxylic acids is 1. The molecule has 0 saturated heterocycles. The van der Waals surface area contributed by atoms with Crippen molar-refractivity contribution in [2.45, 2.75) is 13.3 Å². The number of fused-ring (bicyclic) bond motifs is 3. The molecule has 0 spiro atoms. The Morgan fingerprint density at radius 2 is 1.65 bits per heavy atom. The van der Waals surface area contributed by atoms with E-state index in [1.165, 1.54) is 0 Å². The van der Waals surface area contributed by atoms with Crippen LogP contribution in [0.25, 0.3) is 21.5 Å². The lowest BCUT2D eigenvalue weighted by Gasteiger charge is -2.14. The van der Waals surface area contributed by atoms with E-state index in [1.807, 2.05) is 37.3 Å². The first kappa shape index (κ1) is 15.2. The molecule has 0 bridgehead atoms.